The van der Waals surface area contributed by atoms with Gasteiger partial charge in [-0.3, -0.25) is 9.59 Å². The molecular formula is C8H6Cl2O6. The Morgan fingerprint density at radius 2 is 1.12 bits per heavy atom. The van der Waals surface area contributed by atoms with E-state index < -0.39 is 34.6 Å². The number of alkyl halides is 2. The van der Waals surface area contributed by atoms with Gasteiger partial charge in [-0.15, -0.1) is 23.2 Å². The second-order valence-electron chi connectivity index (χ2n) is 2.93. The van der Waals surface area contributed by atoms with Crippen molar-refractivity contribution in [1.29, 1.82) is 0 Å². The molecule has 0 amide bonds. The number of carbonyl (C=O) groups excluding carboxylic acids is 4. The highest BCUT2D eigenvalue weighted by atomic mass is 35.5. The summed E-state index contributed by atoms with van der Waals surface area (Å²) in [7, 11) is 0. The van der Waals surface area contributed by atoms with E-state index in [1.807, 2.05) is 0 Å². The van der Waals surface area contributed by atoms with Gasteiger partial charge in [0.1, 0.15) is 10.8 Å². The summed E-state index contributed by atoms with van der Waals surface area (Å²) in [5.41, 5.74) is 0. The zero-order chi connectivity index (χ0) is 12.3. The Bertz CT molecular complexity index is 318. The van der Waals surface area contributed by atoms with Gasteiger partial charge in [0.2, 0.25) is 0 Å². The third-order valence-corrected chi connectivity index (χ3v) is 2.30. The smallest absolute Gasteiger partial charge is 0.332 e. The standard InChI is InChI=1S/2C4H3ClO3/c2*5-2-1-3(6)8-4(2)7/h2*2H,1H2/t2*2-/m00/s1. The molecule has 2 fully saturated rings. The van der Waals surface area contributed by atoms with E-state index in [1.165, 1.54) is 0 Å². The highest BCUT2D eigenvalue weighted by Gasteiger charge is 2.31. The van der Waals surface area contributed by atoms with Gasteiger partial charge < -0.3 is 9.47 Å². The molecule has 2 aliphatic heterocycles. The summed E-state index contributed by atoms with van der Waals surface area (Å²) in [6.07, 6.45) is 0.0285. The lowest BCUT2D eigenvalue weighted by Gasteiger charge is -1.84. The normalized spacial score (nSPS) is 28.4. The van der Waals surface area contributed by atoms with Gasteiger partial charge in [-0.05, 0) is 0 Å². The maximum Gasteiger partial charge on any atom is 0.332 e. The van der Waals surface area contributed by atoms with Crippen LogP contribution in [0.1, 0.15) is 12.8 Å². The molecular weight excluding hydrogens is 263 g/mol. The van der Waals surface area contributed by atoms with Crippen molar-refractivity contribution in [3.63, 3.8) is 0 Å². The van der Waals surface area contributed by atoms with Crippen molar-refractivity contribution in [3.05, 3.63) is 0 Å². The number of rotatable bonds is 0. The van der Waals surface area contributed by atoms with Crippen LogP contribution in [0.4, 0.5) is 0 Å². The molecule has 2 rings (SSSR count). The van der Waals surface area contributed by atoms with Crippen molar-refractivity contribution in [2.75, 3.05) is 0 Å². The molecule has 0 saturated carbocycles. The van der Waals surface area contributed by atoms with Crippen LogP contribution in [0.5, 0.6) is 0 Å². The van der Waals surface area contributed by atoms with Crippen molar-refractivity contribution < 1.29 is 28.7 Å². The van der Waals surface area contributed by atoms with Crippen LogP contribution in [0.3, 0.4) is 0 Å². The largest absolute Gasteiger partial charge is 0.392 e. The molecule has 0 aromatic heterocycles. The first kappa shape index (κ1) is 12.9. The highest BCUT2D eigenvalue weighted by molar-refractivity contribution is 6.33. The van der Waals surface area contributed by atoms with E-state index in [-0.39, 0.29) is 12.8 Å². The topological polar surface area (TPSA) is 86.7 Å². The Balaban J connectivity index is 0.000000160. The number of halogens is 2. The summed E-state index contributed by atoms with van der Waals surface area (Å²) in [6.45, 7) is 0. The fraction of sp³-hybridized carbons (Fsp3) is 0.500. The van der Waals surface area contributed by atoms with E-state index in [4.69, 9.17) is 23.2 Å². The maximum atomic E-state index is 10.2. The number of esters is 4. The number of hydrogen-bond donors (Lipinski definition) is 0. The van der Waals surface area contributed by atoms with Gasteiger partial charge in [0.05, 0.1) is 12.8 Å². The summed E-state index contributed by atoms with van der Waals surface area (Å²) in [5.74, 6) is -2.32. The quantitative estimate of drug-likeness (QED) is 0.353. The first-order chi connectivity index (χ1) is 7.40. The Hall–Kier alpha value is -1.14. The zero-order valence-corrected chi connectivity index (χ0v) is 9.29. The van der Waals surface area contributed by atoms with Crippen LogP contribution in [-0.2, 0) is 28.7 Å². The minimum Gasteiger partial charge on any atom is -0.392 e. The van der Waals surface area contributed by atoms with Crippen LogP contribution < -0.4 is 0 Å². The lowest BCUT2D eigenvalue weighted by atomic mass is 10.4. The van der Waals surface area contributed by atoms with E-state index >= 15 is 0 Å². The molecule has 0 aliphatic carbocycles. The minimum absolute atomic E-state index is 0.0143. The molecule has 16 heavy (non-hydrogen) atoms. The summed E-state index contributed by atoms with van der Waals surface area (Å²) >= 11 is 10.5. The molecule has 88 valence electrons. The van der Waals surface area contributed by atoms with Gasteiger partial charge in [0, 0.05) is 0 Å². The number of ether oxygens (including phenoxy) is 2. The molecule has 0 N–H and O–H groups in total. The van der Waals surface area contributed by atoms with Crippen LogP contribution in [0.25, 0.3) is 0 Å². The molecule has 0 radical (unpaired) electrons. The fourth-order valence-corrected chi connectivity index (χ4v) is 1.24. The van der Waals surface area contributed by atoms with Crippen LogP contribution >= 0.6 is 23.2 Å². The Labute approximate surface area is 99.8 Å². The van der Waals surface area contributed by atoms with Gasteiger partial charge in [0.15, 0.2) is 0 Å². The van der Waals surface area contributed by atoms with Gasteiger partial charge in [0.25, 0.3) is 0 Å². The molecule has 0 bridgehead atoms. The molecule has 2 heterocycles. The summed E-state index contributed by atoms with van der Waals surface area (Å²) in [5, 5.41) is -1.50. The van der Waals surface area contributed by atoms with Gasteiger partial charge >= 0.3 is 23.9 Å². The van der Waals surface area contributed by atoms with Crippen molar-refractivity contribution in [2.24, 2.45) is 0 Å². The minimum atomic E-state index is -0.748. The first-order valence-electron chi connectivity index (χ1n) is 4.17. The summed E-state index contributed by atoms with van der Waals surface area (Å²) < 4.78 is 8.13. The second-order valence-corrected chi connectivity index (χ2v) is 3.98. The average Bonchev–Trinajstić information content (AvgIpc) is 2.58. The lowest BCUT2D eigenvalue weighted by Crippen LogP contribution is -2.04. The third-order valence-electron chi connectivity index (χ3n) is 1.63. The second kappa shape index (κ2) is 5.27. The summed E-state index contributed by atoms with van der Waals surface area (Å²) in [6, 6.07) is 0. The molecule has 2 aliphatic rings. The predicted octanol–water partition coefficient (Wildman–Crippen LogP) is 0.135. The molecule has 0 aromatic carbocycles. The highest BCUT2D eigenvalue weighted by Crippen LogP contribution is 2.13. The van der Waals surface area contributed by atoms with Gasteiger partial charge in [-0.2, -0.15) is 0 Å². The predicted molar refractivity (Wildman–Crippen MR) is 50.7 cm³/mol. The molecule has 2 atom stereocenters. The maximum absolute atomic E-state index is 10.2. The van der Waals surface area contributed by atoms with Gasteiger partial charge in [-0.1, -0.05) is 0 Å². The zero-order valence-electron chi connectivity index (χ0n) is 7.77. The molecule has 0 unspecified atom stereocenters. The molecule has 2 saturated heterocycles. The molecule has 0 spiro atoms. The Morgan fingerprint density at radius 3 is 1.19 bits per heavy atom. The van der Waals surface area contributed by atoms with E-state index in [9.17, 15) is 19.2 Å². The van der Waals surface area contributed by atoms with Crippen LogP contribution in [0.15, 0.2) is 0 Å². The Kier molecular flexibility index (Phi) is 4.26. The molecule has 6 nitrogen and oxygen atoms in total. The van der Waals surface area contributed by atoms with E-state index in [0.717, 1.165) is 0 Å². The molecule has 8 heteroatoms. The third kappa shape index (κ3) is 3.46. The van der Waals surface area contributed by atoms with Crippen LogP contribution in [-0.4, -0.2) is 34.6 Å². The number of carbonyl (C=O) groups is 4. The summed E-state index contributed by atoms with van der Waals surface area (Å²) in [4.78, 5) is 40.7. The van der Waals surface area contributed by atoms with Gasteiger partial charge in [-0.25, -0.2) is 9.59 Å². The SMILES string of the molecule is O=C1C[C@H](Cl)C(=O)O1.O=C1C[C@H](Cl)C(=O)O1. The van der Waals surface area contributed by atoms with Crippen molar-refractivity contribution in [3.8, 4) is 0 Å². The van der Waals surface area contributed by atoms with Crippen LogP contribution in [0.2, 0.25) is 0 Å². The average molecular weight is 269 g/mol. The fourth-order valence-electron chi connectivity index (χ4n) is 0.895. The van der Waals surface area contributed by atoms with E-state index in [0.29, 0.717) is 0 Å². The first-order valence-corrected chi connectivity index (χ1v) is 5.04. The van der Waals surface area contributed by atoms with Crippen LogP contribution in [0, 0.1) is 0 Å². The Morgan fingerprint density at radius 1 is 0.812 bits per heavy atom. The van der Waals surface area contributed by atoms with E-state index in [2.05, 4.69) is 9.47 Å². The molecule has 0 aromatic rings. The van der Waals surface area contributed by atoms with Crippen molar-refractivity contribution in [2.45, 2.75) is 23.6 Å². The number of hydrogen-bond acceptors (Lipinski definition) is 6. The number of cyclic esters (lactones) is 4. The lowest BCUT2D eigenvalue weighted by molar-refractivity contribution is -0.153. The van der Waals surface area contributed by atoms with Crippen molar-refractivity contribution >= 4 is 47.1 Å². The monoisotopic (exact) mass is 268 g/mol. The van der Waals surface area contributed by atoms with Crippen molar-refractivity contribution in [1.82, 2.24) is 0 Å². The van der Waals surface area contributed by atoms with E-state index in [1.54, 1.807) is 0 Å².